The third-order valence-corrected chi connectivity index (χ3v) is 7.10. The summed E-state index contributed by atoms with van der Waals surface area (Å²) in [6.07, 6.45) is 0.402. The second-order valence-electron chi connectivity index (χ2n) is 6.95. The fourth-order valence-corrected chi connectivity index (χ4v) is 5.05. The molecule has 0 saturated heterocycles. The number of carbonyl (C=O) groups is 1. The monoisotopic (exact) mass is 497 g/mol. The molecule has 0 fully saturated rings. The van der Waals surface area contributed by atoms with Crippen LogP contribution in [0.2, 0.25) is 0 Å². The summed E-state index contributed by atoms with van der Waals surface area (Å²) in [5.41, 5.74) is 0.717. The topological polar surface area (TPSA) is 45.7 Å². The van der Waals surface area contributed by atoms with Crippen LogP contribution in [0.15, 0.2) is 47.4 Å². The molecule has 2 aromatic carbocycles. The first-order valence-corrected chi connectivity index (χ1v) is 12.2. The van der Waals surface area contributed by atoms with Crippen LogP contribution in [0.3, 0.4) is 0 Å². The Labute approximate surface area is 203 Å². The van der Waals surface area contributed by atoms with Crippen molar-refractivity contribution >= 4 is 56.8 Å². The number of carbonyl (C=O) groups excluding carboxylic acids is 1. The van der Waals surface area contributed by atoms with E-state index in [1.54, 1.807) is 29.8 Å². The molecule has 0 aliphatic carbocycles. The Bertz CT molecular complexity index is 997. The van der Waals surface area contributed by atoms with Crippen LogP contribution in [-0.2, 0) is 4.79 Å². The molecule has 0 aliphatic heterocycles. The summed E-state index contributed by atoms with van der Waals surface area (Å²) in [6.45, 7) is 7.42. The molecule has 0 bridgehead atoms. The number of thiazole rings is 1. The Morgan fingerprint density at radius 2 is 1.84 bits per heavy atom. The van der Waals surface area contributed by atoms with Crippen LogP contribution in [0.1, 0.15) is 20.3 Å². The first kappa shape index (κ1) is 26.4. The molecule has 1 heterocycles. The highest BCUT2D eigenvalue weighted by Gasteiger charge is 2.20. The van der Waals surface area contributed by atoms with E-state index < -0.39 is 0 Å². The number of methoxy groups -OCH3 is 1. The fraction of sp³-hybridized carbons (Fsp3) is 0.391. The maximum absolute atomic E-state index is 13.6. The molecule has 0 radical (unpaired) electrons. The Kier molecular flexibility index (Phi) is 10.7. The molecular formula is C23H29ClFN3O2S2. The number of amides is 1. The van der Waals surface area contributed by atoms with Crippen molar-refractivity contribution in [3.63, 3.8) is 0 Å². The van der Waals surface area contributed by atoms with E-state index in [0.717, 1.165) is 40.5 Å². The van der Waals surface area contributed by atoms with Crippen molar-refractivity contribution in [2.45, 2.75) is 25.2 Å². The normalized spacial score (nSPS) is 10.9. The highest BCUT2D eigenvalue weighted by Crippen LogP contribution is 2.30. The van der Waals surface area contributed by atoms with E-state index >= 15 is 0 Å². The number of aromatic nitrogens is 1. The average Bonchev–Trinajstić information content (AvgIpc) is 3.19. The number of rotatable bonds is 11. The van der Waals surface area contributed by atoms with E-state index in [0.29, 0.717) is 23.8 Å². The Hall–Kier alpha value is -1.87. The van der Waals surface area contributed by atoms with Crippen molar-refractivity contribution in [3.8, 4) is 5.75 Å². The van der Waals surface area contributed by atoms with Gasteiger partial charge in [-0.15, -0.1) is 24.2 Å². The van der Waals surface area contributed by atoms with Gasteiger partial charge in [-0.05, 0) is 55.6 Å². The number of halogens is 2. The molecule has 1 amide bonds. The van der Waals surface area contributed by atoms with Gasteiger partial charge in [-0.2, -0.15) is 0 Å². The predicted octanol–water partition coefficient (Wildman–Crippen LogP) is 5.72. The molecular weight excluding hydrogens is 469 g/mol. The zero-order chi connectivity index (χ0) is 22.2. The van der Waals surface area contributed by atoms with E-state index in [1.165, 1.54) is 23.5 Å². The summed E-state index contributed by atoms with van der Waals surface area (Å²) >= 11 is 3.00. The van der Waals surface area contributed by atoms with Crippen LogP contribution < -0.4 is 9.64 Å². The van der Waals surface area contributed by atoms with E-state index in [-0.39, 0.29) is 24.1 Å². The molecule has 0 atom stereocenters. The van der Waals surface area contributed by atoms with Gasteiger partial charge in [0.2, 0.25) is 5.91 Å². The molecule has 0 spiro atoms. The quantitative estimate of drug-likeness (QED) is 0.317. The lowest BCUT2D eigenvalue weighted by Crippen LogP contribution is -2.39. The van der Waals surface area contributed by atoms with Crippen LogP contribution in [0.25, 0.3) is 10.2 Å². The molecule has 3 rings (SSSR count). The summed E-state index contributed by atoms with van der Waals surface area (Å²) in [5.74, 6) is 1.23. The number of thioether (sulfide) groups is 1. The van der Waals surface area contributed by atoms with Gasteiger partial charge < -0.3 is 9.64 Å². The zero-order valence-electron chi connectivity index (χ0n) is 18.5. The van der Waals surface area contributed by atoms with Crippen LogP contribution >= 0.6 is 35.5 Å². The van der Waals surface area contributed by atoms with E-state index in [1.807, 2.05) is 24.3 Å². The molecule has 3 aromatic rings. The average molecular weight is 498 g/mol. The van der Waals surface area contributed by atoms with E-state index in [9.17, 15) is 9.18 Å². The van der Waals surface area contributed by atoms with Gasteiger partial charge in [0.05, 0.1) is 17.3 Å². The van der Waals surface area contributed by atoms with Crippen LogP contribution in [0.4, 0.5) is 9.52 Å². The Balaban J connectivity index is 0.00000363. The largest absolute Gasteiger partial charge is 0.497 e. The lowest BCUT2D eigenvalue weighted by molar-refractivity contribution is -0.118. The fourth-order valence-electron chi connectivity index (χ4n) is 3.17. The van der Waals surface area contributed by atoms with Gasteiger partial charge in [0.1, 0.15) is 11.6 Å². The van der Waals surface area contributed by atoms with Crippen molar-refractivity contribution in [1.82, 2.24) is 9.88 Å². The molecule has 0 unspecified atom stereocenters. The smallest absolute Gasteiger partial charge is 0.229 e. The molecule has 1 aromatic heterocycles. The van der Waals surface area contributed by atoms with Gasteiger partial charge in [0.15, 0.2) is 5.13 Å². The molecule has 5 nitrogen and oxygen atoms in total. The summed E-state index contributed by atoms with van der Waals surface area (Å²) < 4.78 is 19.5. The highest BCUT2D eigenvalue weighted by atomic mass is 35.5. The van der Waals surface area contributed by atoms with Gasteiger partial charge >= 0.3 is 0 Å². The highest BCUT2D eigenvalue weighted by molar-refractivity contribution is 7.99. The van der Waals surface area contributed by atoms with Crippen molar-refractivity contribution in [2.24, 2.45) is 0 Å². The standard InChI is InChI=1S/C23H28FN3O2S2.ClH/c1-4-26(5-2)13-14-27(23-25-20-11-6-17(24)16-21(20)31-23)22(28)12-15-30-19-9-7-18(29-3)8-10-19;/h6-11,16H,4-5,12-15H2,1-3H3;1H. The van der Waals surface area contributed by atoms with Crippen LogP contribution in [0, 0.1) is 5.82 Å². The molecule has 9 heteroatoms. The molecule has 0 N–H and O–H groups in total. The van der Waals surface area contributed by atoms with Gasteiger partial charge in [-0.25, -0.2) is 9.37 Å². The van der Waals surface area contributed by atoms with Crippen molar-refractivity contribution in [2.75, 3.05) is 43.9 Å². The minimum absolute atomic E-state index is 0. The van der Waals surface area contributed by atoms with E-state index in [4.69, 9.17) is 4.74 Å². The number of hydrogen-bond acceptors (Lipinski definition) is 6. The summed E-state index contributed by atoms with van der Waals surface area (Å²) in [7, 11) is 1.64. The second-order valence-corrected chi connectivity index (χ2v) is 9.13. The van der Waals surface area contributed by atoms with Crippen LogP contribution in [0.5, 0.6) is 5.75 Å². The number of ether oxygens (including phenoxy) is 1. The maximum Gasteiger partial charge on any atom is 0.229 e. The van der Waals surface area contributed by atoms with Gasteiger partial charge in [0.25, 0.3) is 0 Å². The molecule has 174 valence electrons. The summed E-state index contributed by atoms with van der Waals surface area (Å²) in [4.78, 5) is 22.9. The van der Waals surface area contributed by atoms with E-state index in [2.05, 4.69) is 23.7 Å². The number of hydrogen-bond donors (Lipinski definition) is 0. The summed E-state index contributed by atoms with van der Waals surface area (Å²) in [6, 6.07) is 12.4. The van der Waals surface area contributed by atoms with Crippen LogP contribution in [-0.4, -0.2) is 54.8 Å². The van der Waals surface area contributed by atoms with Crippen molar-refractivity contribution < 1.29 is 13.9 Å². The number of nitrogens with zero attached hydrogens (tertiary/aromatic N) is 3. The number of fused-ring (bicyclic) bond motifs is 1. The number of benzene rings is 2. The third-order valence-electron chi connectivity index (χ3n) is 5.05. The van der Waals surface area contributed by atoms with Gasteiger partial charge in [-0.1, -0.05) is 25.2 Å². The number of likely N-dealkylation sites (N-methyl/N-ethyl adjacent to an activating group) is 1. The minimum atomic E-state index is -0.292. The number of anilines is 1. The lowest BCUT2D eigenvalue weighted by atomic mass is 10.3. The SMILES string of the molecule is CCN(CC)CCN(C(=O)CCSc1ccc(OC)cc1)c1nc2ccc(F)cc2s1.Cl. The molecule has 0 aliphatic rings. The summed E-state index contributed by atoms with van der Waals surface area (Å²) in [5, 5.41) is 0.632. The van der Waals surface area contributed by atoms with Gasteiger partial charge in [0, 0.05) is 30.2 Å². The first-order chi connectivity index (χ1) is 15.0. The predicted molar refractivity (Wildman–Crippen MR) is 135 cm³/mol. The molecule has 32 heavy (non-hydrogen) atoms. The second kappa shape index (κ2) is 13.0. The zero-order valence-corrected chi connectivity index (χ0v) is 21.0. The third kappa shape index (κ3) is 7.07. The minimum Gasteiger partial charge on any atom is -0.497 e. The van der Waals surface area contributed by atoms with Gasteiger partial charge in [-0.3, -0.25) is 9.69 Å². The lowest BCUT2D eigenvalue weighted by Gasteiger charge is -2.24. The Morgan fingerprint density at radius 1 is 1.12 bits per heavy atom. The molecule has 0 saturated carbocycles. The van der Waals surface area contributed by atoms with Crippen molar-refractivity contribution in [3.05, 3.63) is 48.3 Å². The van der Waals surface area contributed by atoms with Crippen molar-refractivity contribution in [1.29, 1.82) is 0 Å². The first-order valence-electron chi connectivity index (χ1n) is 10.4. The Morgan fingerprint density at radius 3 is 2.50 bits per heavy atom. The maximum atomic E-state index is 13.6.